The largest absolute Gasteiger partial charge is 0.347 e. The van der Waals surface area contributed by atoms with E-state index >= 15 is 0 Å². The van der Waals surface area contributed by atoms with Gasteiger partial charge < -0.3 is 9.80 Å². The molecule has 0 bridgehead atoms. The number of benzene rings is 1. The molecule has 1 atom stereocenters. The van der Waals surface area contributed by atoms with E-state index in [1.165, 1.54) is 4.57 Å². The minimum Gasteiger partial charge on any atom is -0.347 e. The highest BCUT2D eigenvalue weighted by Crippen LogP contribution is 2.31. The molecule has 1 amide bonds. The summed E-state index contributed by atoms with van der Waals surface area (Å²) in [7, 11) is 1.80. The summed E-state index contributed by atoms with van der Waals surface area (Å²) in [5, 5.41) is 0. The van der Waals surface area contributed by atoms with Crippen LogP contribution in [0.5, 0.6) is 0 Å². The van der Waals surface area contributed by atoms with Crippen LogP contribution >= 0.6 is 0 Å². The lowest BCUT2D eigenvalue weighted by molar-refractivity contribution is 0.0804. The summed E-state index contributed by atoms with van der Waals surface area (Å²) in [5.41, 5.74) is 2.47. The minimum atomic E-state index is -0.319. The first-order valence-corrected chi connectivity index (χ1v) is 10.2. The van der Waals surface area contributed by atoms with Crippen molar-refractivity contribution < 1.29 is 4.79 Å². The molecule has 0 saturated heterocycles. The van der Waals surface area contributed by atoms with Gasteiger partial charge in [-0.2, -0.15) is 0 Å². The molecule has 3 aromatic heterocycles. The second kappa shape index (κ2) is 7.39. The molecular formula is C23H22N6O2. The Balaban J connectivity index is 1.69. The number of hydrogen-bond acceptors (Lipinski definition) is 5. The van der Waals surface area contributed by atoms with E-state index in [9.17, 15) is 9.59 Å². The van der Waals surface area contributed by atoms with E-state index in [4.69, 9.17) is 4.98 Å². The summed E-state index contributed by atoms with van der Waals surface area (Å²) in [6.07, 6.45) is 1.63. The fraction of sp³-hybridized carbons (Fsp3) is 0.217. The van der Waals surface area contributed by atoms with Gasteiger partial charge in [0.1, 0.15) is 11.6 Å². The maximum Gasteiger partial charge on any atom is 0.333 e. The van der Waals surface area contributed by atoms with Gasteiger partial charge in [0.05, 0.1) is 17.1 Å². The van der Waals surface area contributed by atoms with Crippen molar-refractivity contribution in [2.45, 2.75) is 13.0 Å². The van der Waals surface area contributed by atoms with Crippen molar-refractivity contribution in [1.29, 1.82) is 0 Å². The number of likely N-dealkylation sites (N-methyl/N-ethyl adjacent to an activating group) is 1. The van der Waals surface area contributed by atoms with Crippen LogP contribution in [0.25, 0.3) is 17.0 Å². The number of hydrogen-bond donors (Lipinski definition) is 1. The normalized spacial score (nSPS) is 15.1. The van der Waals surface area contributed by atoms with Crippen LogP contribution in [0.2, 0.25) is 0 Å². The number of nitrogens with zero attached hydrogens (tertiary/aromatic N) is 5. The Kier molecular flexibility index (Phi) is 4.54. The predicted octanol–water partition coefficient (Wildman–Crippen LogP) is 2.76. The van der Waals surface area contributed by atoms with Gasteiger partial charge in [-0.15, -0.1) is 0 Å². The van der Waals surface area contributed by atoms with Crippen LogP contribution in [-0.2, 0) is 0 Å². The van der Waals surface area contributed by atoms with Crippen molar-refractivity contribution in [3.05, 3.63) is 82.4 Å². The summed E-state index contributed by atoms with van der Waals surface area (Å²) >= 11 is 0. The van der Waals surface area contributed by atoms with E-state index in [2.05, 4.69) is 33.9 Å². The average molecular weight is 414 g/mol. The third-order valence-corrected chi connectivity index (χ3v) is 5.82. The van der Waals surface area contributed by atoms with Gasteiger partial charge in [0.15, 0.2) is 5.65 Å². The molecule has 156 valence electrons. The van der Waals surface area contributed by atoms with Crippen molar-refractivity contribution in [2.24, 2.45) is 0 Å². The zero-order valence-electron chi connectivity index (χ0n) is 17.3. The first kappa shape index (κ1) is 19.0. The van der Waals surface area contributed by atoms with Gasteiger partial charge in [0.25, 0.3) is 5.91 Å². The highest BCUT2D eigenvalue weighted by molar-refractivity contribution is 5.99. The Morgan fingerprint density at radius 3 is 2.61 bits per heavy atom. The van der Waals surface area contributed by atoms with Gasteiger partial charge in [0.2, 0.25) is 0 Å². The molecule has 1 aliphatic heterocycles. The van der Waals surface area contributed by atoms with Crippen LogP contribution < -0.4 is 10.6 Å². The fourth-order valence-corrected chi connectivity index (χ4v) is 4.08. The Morgan fingerprint density at radius 1 is 1.00 bits per heavy atom. The number of H-pyrrole nitrogens is 1. The number of imidazole rings is 1. The quantitative estimate of drug-likeness (QED) is 0.557. The van der Waals surface area contributed by atoms with Crippen LogP contribution in [0.1, 0.15) is 28.9 Å². The first-order chi connectivity index (χ1) is 15.0. The Bertz CT molecular complexity index is 1330. The zero-order valence-corrected chi connectivity index (χ0v) is 17.3. The molecule has 0 fully saturated rings. The molecule has 0 radical (unpaired) electrons. The van der Waals surface area contributed by atoms with E-state index in [1.807, 2.05) is 24.3 Å². The van der Waals surface area contributed by atoms with E-state index in [1.54, 1.807) is 36.3 Å². The maximum atomic E-state index is 13.0. The van der Waals surface area contributed by atoms with E-state index in [-0.39, 0.29) is 17.6 Å². The van der Waals surface area contributed by atoms with Crippen molar-refractivity contribution in [3.63, 3.8) is 0 Å². The maximum absolute atomic E-state index is 13.0. The lowest BCUT2D eigenvalue weighted by Crippen LogP contribution is -2.33. The molecule has 0 unspecified atom stereocenters. The predicted molar refractivity (Wildman–Crippen MR) is 119 cm³/mol. The summed E-state index contributed by atoms with van der Waals surface area (Å²) in [6, 6.07) is 17.2. The van der Waals surface area contributed by atoms with Gasteiger partial charge in [-0.25, -0.2) is 19.3 Å². The third kappa shape index (κ3) is 3.16. The number of aromatic nitrogens is 4. The number of fused-ring (bicyclic) bond motifs is 2. The summed E-state index contributed by atoms with van der Waals surface area (Å²) in [6.45, 7) is 3.32. The summed E-state index contributed by atoms with van der Waals surface area (Å²) in [5.74, 6) is 0.948. The fourth-order valence-electron chi connectivity index (χ4n) is 4.08. The van der Waals surface area contributed by atoms with Crippen LogP contribution in [0.3, 0.4) is 0 Å². The van der Waals surface area contributed by atoms with Gasteiger partial charge >= 0.3 is 5.69 Å². The zero-order chi connectivity index (χ0) is 21.5. The van der Waals surface area contributed by atoms with Crippen LogP contribution in [0.15, 0.2) is 65.6 Å². The number of aromatic amines is 1. The lowest BCUT2D eigenvalue weighted by atomic mass is 10.1. The van der Waals surface area contributed by atoms with E-state index < -0.39 is 0 Å². The lowest BCUT2D eigenvalue weighted by Gasteiger charge is -2.30. The molecule has 0 saturated carbocycles. The van der Waals surface area contributed by atoms with Crippen molar-refractivity contribution >= 4 is 22.9 Å². The number of carbonyl (C=O) groups excluding carboxylic acids is 1. The molecule has 1 N–H and O–H groups in total. The van der Waals surface area contributed by atoms with Crippen LogP contribution in [0.4, 0.5) is 5.82 Å². The van der Waals surface area contributed by atoms with Gasteiger partial charge in [-0.1, -0.05) is 30.3 Å². The summed E-state index contributed by atoms with van der Waals surface area (Å²) < 4.78 is 1.49. The average Bonchev–Trinajstić information content (AvgIpc) is 3.08. The third-order valence-electron chi connectivity index (χ3n) is 5.82. The van der Waals surface area contributed by atoms with Gasteiger partial charge in [0, 0.05) is 26.3 Å². The molecule has 0 aliphatic carbocycles. The molecule has 0 spiro atoms. The highest BCUT2D eigenvalue weighted by Gasteiger charge is 2.29. The Morgan fingerprint density at radius 2 is 1.81 bits per heavy atom. The van der Waals surface area contributed by atoms with Crippen molar-refractivity contribution in [1.82, 2.24) is 24.4 Å². The topological polar surface area (TPSA) is 87.1 Å². The number of amides is 1. The molecule has 4 heterocycles. The minimum absolute atomic E-state index is 0.00311. The van der Waals surface area contributed by atoms with Crippen molar-refractivity contribution in [2.75, 3.05) is 25.0 Å². The summed E-state index contributed by atoms with van der Waals surface area (Å²) in [4.78, 5) is 41.3. The molecule has 8 nitrogen and oxygen atoms in total. The van der Waals surface area contributed by atoms with Crippen molar-refractivity contribution in [3.8, 4) is 5.82 Å². The Labute approximate surface area is 178 Å². The molecule has 5 rings (SSSR count). The monoisotopic (exact) mass is 414 g/mol. The number of pyridine rings is 2. The van der Waals surface area contributed by atoms with Gasteiger partial charge in [-0.05, 0) is 36.8 Å². The molecule has 8 heteroatoms. The molecule has 1 aromatic carbocycles. The number of carbonyl (C=O) groups is 1. The molecule has 4 aromatic rings. The van der Waals surface area contributed by atoms with E-state index in [0.29, 0.717) is 41.5 Å². The highest BCUT2D eigenvalue weighted by atomic mass is 16.2. The van der Waals surface area contributed by atoms with Crippen LogP contribution in [0, 0.1) is 0 Å². The number of rotatable bonds is 3. The molecule has 1 aliphatic rings. The standard InChI is InChI=1S/C23H22N6O2/c1-15(16-7-4-3-5-8-16)28-14-13-27(2)22(30)17-10-11-19(25-21(17)28)29-18-9-6-12-24-20(18)26-23(29)31/h3-12,15H,13-14H2,1-2H3,(H,24,26,31)/t15-/m0/s1. The van der Waals surface area contributed by atoms with E-state index in [0.717, 1.165) is 5.56 Å². The second-order valence-corrected chi connectivity index (χ2v) is 7.68. The number of anilines is 1. The molecular weight excluding hydrogens is 392 g/mol. The smallest absolute Gasteiger partial charge is 0.333 e. The van der Waals surface area contributed by atoms with Gasteiger partial charge in [-0.3, -0.25) is 9.78 Å². The second-order valence-electron chi connectivity index (χ2n) is 7.68. The van der Waals surface area contributed by atoms with Crippen LogP contribution in [-0.4, -0.2) is 50.5 Å². The SMILES string of the molecule is C[C@@H](c1ccccc1)N1CCN(C)C(=O)c2ccc(-n3c(=O)[nH]c4ncccc43)nc21. The molecule has 31 heavy (non-hydrogen) atoms. The Hall–Kier alpha value is -3.94. The number of nitrogens with one attached hydrogen (secondary N) is 1. The first-order valence-electron chi connectivity index (χ1n) is 10.2.